The van der Waals surface area contributed by atoms with Crippen LogP contribution in [-0.2, 0) is 0 Å². The summed E-state index contributed by atoms with van der Waals surface area (Å²) in [6.07, 6.45) is 5.37. The lowest BCUT2D eigenvalue weighted by molar-refractivity contribution is 0.339. The fourth-order valence-corrected chi connectivity index (χ4v) is 3.38. The SMILES string of the molecule is CCOc1ccc(N)c(SC2CCCC2)c1. The Labute approximate surface area is 102 Å². The number of nitrogen functional groups attached to an aromatic ring is 1. The first-order valence-electron chi connectivity index (χ1n) is 5.98. The van der Waals surface area contributed by atoms with Gasteiger partial charge in [0.2, 0.25) is 0 Å². The molecule has 0 saturated heterocycles. The molecule has 1 aromatic carbocycles. The van der Waals surface area contributed by atoms with Crippen molar-refractivity contribution >= 4 is 17.4 Å². The fourth-order valence-electron chi connectivity index (χ4n) is 2.06. The van der Waals surface area contributed by atoms with Gasteiger partial charge in [0.1, 0.15) is 5.75 Å². The summed E-state index contributed by atoms with van der Waals surface area (Å²) in [6, 6.07) is 5.96. The number of nitrogens with two attached hydrogens (primary N) is 1. The Kier molecular flexibility index (Phi) is 3.99. The molecule has 3 heteroatoms. The Balaban J connectivity index is 2.08. The monoisotopic (exact) mass is 237 g/mol. The number of benzene rings is 1. The quantitative estimate of drug-likeness (QED) is 0.811. The molecule has 0 atom stereocenters. The number of anilines is 1. The third-order valence-electron chi connectivity index (χ3n) is 2.89. The average molecular weight is 237 g/mol. The standard InChI is InChI=1S/C13H19NOS/c1-2-15-10-7-8-12(14)13(9-10)16-11-5-3-4-6-11/h7-9,11H,2-6,14H2,1H3. The molecule has 0 amide bonds. The molecule has 0 unspecified atom stereocenters. The van der Waals surface area contributed by atoms with Crippen molar-refractivity contribution in [2.24, 2.45) is 0 Å². The molecule has 0 bridgehead atoms. The van der Waals surface area contributed by atoms with Gasteiger partial charge in [0.05, 0.1) is 6.61 Å². The highest BCUT2D eigenvalue weighted by molar-refractivity contribution is 8.00. The summed E-state index contributed by atoms with van der Waals surface area (Å²) in [6.45, 7) is 2.71. The summed E-state index contributed by atoms with van der Waals surface area (Å²) in [5.41, 5.74) is 6.86. The van der Waals surface area contributed by atoms with Crippen molar-refractivity contribution in [1.82, 2.24) is 0 Å². The van der Waals surface area contributed by atoms with E-state index in [0.29, 0.717) is 6.61 Å². The number of thioether (sulfide) groups is 1. The zero-order valence-electron chi connectivity index (χ0n) is 9.74. The molecule has 0 spiro atoms. The van der Waals surface area contributed by atoms with Crippen LogP contribution in [0.3, 0.4) is 0 Å². The van der Waals surface area contributed by atoms with Crippen LogP contribution in [0.15, 0.2) is 23.1 Å². The molecule has 2 N–H and O–H groups in total. The molecule has 1 aliphatic carbocycles. The molecular formula is C13H19NOS. The third-order valence-corrected chi connectivity index (χ3v) is 4.30. The summed E-state index contributed by atoms with van der Waals surface area (Å²) in [5, 5.41) is 0.749. The Hall–Kier alpha value is -0.830. The van der Waals surface area contributed by atoms with E-state index in [1.165, 1.54) is 30.6 Å². The van der Waals surface area contributed by atoms with E-state index in [4.69, 9.17) is 10.5 Å². The van der Waals surface area contributed by atoms with E-state index in [-0.39, 0.29) is 0 Å². The zero-order valence-corrected chi connectivity index (χ0v) is 10.6. The van der Waals surface area contributed by atoms with Crippen molar-refractivity contribution in [3.63, 3.8) is 0 Å². The highest BCUT2D eigenvalue weighted by atomic mass is 32.2. The van der Waals surface area contributed by atoms with E-state index in [0.717, 1.165) is 16.7 Å². The highest BCUT2D eigenvalue weighted by Gasteiger charge is 2.17. The summed E-state index contributed by atoms with van der Waals surface area (Å²) in [4.78, 5) is 1.18. The average Bonchev–Trinajstić information content (AvgIpc) is 2.76. The van der Waals surface area contributed by atoms with Gasteiger partial charge in [-0.3, -0.25) is 0 Å². The lowest BCUT2D eigenvalue weighted by atomic mass is 10.3. The van der Waals surface area contributed by atoms with Gasteiger partial charge in [0.15, 0.2) is 0 Å². The van der Waals surface area contributed by atoms with Crippen LogP contribution >= 0.6 is 11.8 Å². The van der Waals surface area contributed by atoms with Crippen LogP contribution in [0.1, 0.15) is 32.6 Å². The maximum atomic E-state index is 5.99. The van der Waals surface area contributed by atoms with Gasteiger partial charge in [0.25, 0.3) is 0 Å². The minimum absolute atomic E-state index is 0.706. The summed E-state index contributed by atoms with van der Waals surface area (Å²) in [5.74, 6) is 0.928. The molecule has 16 heavy (non-hydrogen) atoms. The molecular weight excluding hydrogens is 218 g/mol. The number of rotatable bonds is 4. The van der Waals surface area contributed by atoms with Gasteiger partial charge in [-0.25, -0.2) is 0 Å². The second-order valence-electron chi connectivity index (χ2n) is 4.16. The molecule has 1 saturated carbocycles. The molecule has 2 nitrogen and oxygen atoms in total. The Morgan fingerprint density at radius 1 is 1.38 bits per heavy atom. The molecule has 1 aromatic rings. The summed E-state index contributed by atoms with van der Waals surface area (Å²) < 4.78 is 5.50. The molecule has 1 fully saturated rings. The Bertz CT molecular complexity index is 348. The van der Waals surface area contributed by atoms with Crippen LogP contribution in [0.25, 0.3) is 0 Å². The normalized spacial score (nSPS) is 16.6. The van der Waals surface area contributed by atoms with Crippen LogP contribution in [-0.4, -0.2) is 11.9 Å². The van der Waals surface area contributed by atoms with E-state index in [1.807, 2.05) is 30.8 Å². The van der Waals surface area contributed by atoms with Crippen molar-refractivity contribution < 1.29 is 4.74 Å². The van der Waals surface area contributed by atoms with Crippen LogP contribution in [0.5, 0.6) is 5.75 Å². The molecule has 1 aliphatic rings. The summed E-state index contributed by atoms with van der Waals surface area (Å²) in [7, 11) is 0. The van der Waals surface area contributed by atoms with Crippen LogP contribution < -0.4 is 10.5 Å². The van der Waals surface area contributed by atoms with Gasteiger partial charge in [-0.05, 0) is 38.0 Å². The minimum Gasteiger partial charge on any atom is -0.494 e. The second kappa shape index (κ2) is 5.48. The predicted molar refractivity (Wildman–Crippen MR) is 70.1 cm³/mol. The zero-order chi connectivity index (χ0) is 11.4. The van der Waals surface area contributed by atoms with E-state index >= 15 is 0 Å². The van der Waals surface area contributed by atoms with Crippen LogP contribution in [0, 0.1) is 0 Å². The van der Waals surface area contributed by atoms with Crippen molar-refractivity contribution in [3.8, 4) is 5.75 Å². The van der Waals surface area contributed by atoms with Crippen molar-refractivity contribution in [2.75, 3.05) is 12.3 Å². The van der Waals surface area contributed by atoms with Crippen LogP contribution in [0.2, 0.25) is 0 Å². The van der Waals surface area contributed by atoms with Crippen molar-refractivity contribution in [1.29, 1.82) is 0 Å². The molecule has 88 valence electrons. The molecule has 2 rings (SSSR count). The third kappa shape index (κ3) is 2.85. The van der Waals surface area contributed by atoms with Gasteiger partial charge >= 0.3 is 0 Å². The molecule has 0 heterocycles. The largest absolute Gasteiger partial charge is 0.494 e. The summed E-state index contributed by atoms with van der Waals surface area (Å²) >= 11 is 1.91. The number of ether oxygens (including phenoxy) is 1. The van der Waals surface area contributed by atoms with Crippen molar-refractivity contribution in [2.45, 2.75) is 42.8 Å². The van der Waals surface area contributed by atoms with Gasteiger partial charge in [-0.2, -0.15) is 0 Å². The number of hydrogen-bond donors (Lipinski definition) is 1. The van der Waals surface area contributed by atoms with E-state index in [2.05, 4.69) is 6.07 Å². The molecule has 0 radical (unpaired) electrons. The van der Waals surface area contributed by atoms with Crippen molar-refractivity contribution in [3.05, 3.63) is 18.2 Å². The molecule has 0 aromatic heterocycles. The first-order valence-corrected chi connectivity index (χ1v) is 6.86. The first kappa shape index (κ1) is 11.6. The molecule has 0 aliphatic heterocycles. The highest BCUT2D eigenvalue weighted by Crippen LogP contribution is 2.38. The number of hydrogen-bond acceptors (Lipinski definition) is 3. The lowest BCUT2D eigenvalue weighted by Crippen LogP contribution is -1.98. The van der Waals surface area contributed by atoms with Gasteiger partial charge in [-0.1, -0.05) is 12.8 Å². The van der Waals surface area contributed by atoms with E-state index in [1.54, 1.807) is 0 Å². The minimum atomic E-state index is 0.706. The van der Waals surface area contributed by atoms with Crippen LogP contribution in [0.4, 0.5) is 5.69 Å². The Morgan fingerprint density at radius 3 is 2.81 bits per heavy atom. The van der Waals surface area contributed by atoms with Gasteiger partial charge < -0.3 is 10.5 Å². The fraction of sp³-hybridized carbons (Fsp3) is 0.538. The predicted octanol–water partition coefficient (Wildman–Crippen LogP) is 3.70. The van der Waals surface area contributed by atoms with Gasteiger partial charge in [-0.15, -0.1) is 11.8 Å². The maximum absolute atomic E-state index is 5.99. The first-order chi connectivity index (χ1) is 7.79. The Morgan fingerprint density at radius 2 is 2.12 bits per heavy atom. The van der Waals surface area contributed by atoms with Gasteiger partial charge in [0, 0.05) is 15.8 Å². The maximum Gasteiger partial charge on any atom is 0.120 e. The smallest absolute Gasteiger partial charge is 0.120 e. The van der Waals surface area contributed by atoms with E-state index < -0.39 is 0 Å². The lowest BCUT2D eigenvalue weighted by Gasteiger charge is -2.12. The second-order valence-corrected chi connectivity index (χ2v) is 5.50. The topological polar surface area (TPSA) is 35.2 Å². The van der Waals surface area contributed by atoms with E-state index in [9.17, 15) is 0 Å².